The van der Waals surface area contributed by atoms with Gasteiger partial charge in [-0.05, 0) is 38.1 Å². The minimum absolute atomic E-state index is 0.135. The predicted octanol–water partition coefficient (Wildman–Crippen LogP) is 3.24. The van der Waals surface area contributed by atoms with Crippen LogP contribution in [0.2, 0.25) is 0 Å². The molecule has 106 valence electrons. The van der Waals surface area contributed by atoms with Gasteiger partial charge in [0.1, 0.15) is 0 Å². The van der Waals surface area contributed by atoms with Crippen LogP contribution in [-0.4, -0.2) is 18.0 Å². The van der Waals surface area contributed by atoms with Crippen LogP contribution in [0.15, 0.2) is 17.5 Å². The first-order valence-corrected chi connectivity index (χ1v) is 8.14. The van der Waals surface area contributed by atoms with Crippen molar-refractivity contribution < 1.29 is 4.79 Å². The molecule has 2 N–H and O–H groups in total. The van der Waals surface area contributed by atoms with Gasteiger partial charge in [0.05, 0.1) is 6.04 Å². The largest absolute Gasteiger partial charge is 0.352 e. The maximum absolute atomic E-state index is 12.1. The fourth-order valence-electron chi connectivity index (χ4n) is 2.64. The van der Waals surface area contributed by atoms with Crippen molar-refractivity contribution in [3.05, 3.63) is 22.4 Å². The number of thiophene rings is 1. The molecule has 2 atom stereocenters. The van der Waals surface area contributed by atoms with Gasteiger partial charge in [0.2, 0.25) is 5.91 Å². The van der Waals surface area contributed by atoms with E-state index >= 15 is 0 Å². The van der Waals surface area contributed by atoms with Gasteiger partial charge in [0, 0.05) is 17.0 Å². The van der Waals surface area contributed by atoms with Crippen molar-refractivity contribution in [2.45, 2.75) is 64.1 Å². The second-order valence-electron chi connectivity index (χ2n) is 5.47. The quantitative estimate of drug-likeness (QED) is 0.869. The number of amides is 1. The molecule has 1 aromatic heterocycles. The Morgan fingerprint density at radius 2 is 2.05 bits per heavy atom. The molecule has 0 aromatic carbocycles. The lowest BCUT2D eigenvalue weighted by atomic mass is 9.95. The summed E-state index contributed by atoms with van der Waals surface area (Å²) in [6.45, 7) is 4.05. The van der Waals surface area contributed by atoms with E-state index in [1.165, 1.54) is 24.1 Å². The summed E-state index contributed by atoms with van der Waals surface area (Å²) in [6.07, 6.45) is 6.09. The van der Waals surface area contributed by atoms with Crippen LogP contribution in [0, 0.1) is 0 Å². The SMILES string of the molecule is C[C@H](N[C@@H](C)c1cccs1)C(=O)NC1CCCCC1. The van der Waals surface area contributed by atoms with Gasteiger partial charge in [0.15, 0.2) is 0 Å². The molecule has 1 aliphatic rings. The van der Waals surface area contributed by atoms with E-state index in [1.807, 2.05) is 13.0 Å². The van der Waals surface area contributed by atoms with Crippen LogP contribution in [0.5, 0.6) is 0 Å². The molecule has 1 heterocycles. The molecular formula is C15H24N2OS. The van der Waals surface area contributed by atoms with Crippen LogP contribution < -0.4 is 10.6 Å². The third-order valence-electron chi connectivity index (χ3n) is 3.81. The second-order valence-corrected chi connectivity index (χ2v) is 6.45. The average molecular weight is 280 g/mol. The van der Waals surface area contributed by atoms with E-state index in [1.54, 1.807) is 11.3 Å². The van der Waals surface area contributed by atoms with Gasteiger partial charge in [-0.15, -0.1) is 11.3 Å². The van der Waals surface area contributed by atoms with Crippen LogP contribution in [0.25, 0.3) is 0 Å². The number of hydrogen-bond acceptors (Lipinski definition) is 3. The summed E-state index contributed by atoms with van der Waals surface area (Å²) in [6, 6.07) is 4.63. The molecule has 4 heteroatoms. The van der Waals surface area contributed by atoms with E-state index < -0.39 is 0 Å². The molecule has 0 saturated heterocycles. The summed E-state index contributed by atoms with van der Waals surface area (Å²) in [5, 5.41) is 8.61. The van der Waals surface area contributed by atoms with Crippen molar-refractivity contribution in [2.24, 2.45) is 0 Å². The van der Waals surface area contributed by atoms with Crippen molar-refractivity contribution in [3.63, 3.8) is 0 Å². The monoisotopic (exact) mass is 280 g/mol. The number of carbonyl (C=O) groups excluding carboxylic acids is 1. The van der Waals surface area contributed by atoms with Gasteiger partial charge in [-0.1, -0.05) is 25.3 Å². The van der Waals surface area contributed by atoms with Gasteiger partial charge >= 0.3 is 0 Å². The highest BCUT2D eigenvalue weighted by atomic mass is 32.1. The minimum Gasteiger partial charge on any atom is -0.352 e. The molecule has 1 fully saturated rings. The number of rotatable bonds is 5. The molecular weight excluding hydrogens is 256 g/mol. The molecule has 2 rings (SSSR count). The highest BCUT2D eigenvalue weighted by Gasteiger charge is 2.21. The molecule has 0 spiro atoms. The molecule has 1 aromatic rings. The Hall–Kier alpha value is -0.870. The lowest BCUT2D eigenvalue weighted by Gasteiger charge is -2.25. The van der Waals surface area contributed by atoms with Gasteiger partial charge in [0.25, 0.3) is 0 Å². The second kappa shape index (κ2) is 7.06. The van der Waals surface area contributed by atoms with E-state index in [-0.39, 0.29) is 18.0 Å². The molecule has 0 aliphatic heterocycles. The topological polar surface area (TPSA) is 41.1 Å². The van der Waals surface area contributed by atoms with Gasteiger partial charge in [-0.2, -0.15) is 0 Å². The van der Waals surface area contributed by atoms with E-state index in [9.17, 15) is 4.79 Å². The van der Waals surface area contributed by atoms with Gasteiger partial charge in [-0.3, -0.25) is 10.1 Å². The molecule has 0 bridgehead atoms. The zero-order valence-corrected chi connectivity index (χ0v) is 12.6. The summed E-state index contributed by atoms with van der Waals surface area (Å²) in [5.41, 5.74) is 0. The molecule has 1 saturated carbocycles. The third kappa shape index (κ3) is 4.32. The molecule has 1 aliphatic carbocycles. The fourth-order valence-corrected chi connectivity index (χ4v) is 3.39. The molecule has 0 unspecified atom stereocenters. The summed E-state index contributed by atoms with van der Waals surface area (Å²) < 4.78 is 0. The standard InChI is InChI=1S/C15H24N2OS/c1-11(14-9-6-10-19-14)16-12(2)15(18)17-13-7-4-3-5-8-13/h6,9-13,16H,3-5,7-8H2,1-2H3,(H,17,18)/t11-,12-/m0/s1. The molecule has 3 nitrogen and oxygen atoms in total. The first-order valence-electron chi connectivity index (χ1n) is 7.26. The minimum atomic E-state index is -0.140. The Balaban J connectivity index is 1.78. The van der Waals surface area contributed by atoms with Crippen LogP contribution >= 0.6 is 11.3 Å². The van der Waals surface area contributed by atoms with E-state index in [4.69, 9.17) is 0 Å². The van der Waals surface area contributed by atoms with Crippen molar-refractivity contribution in [3.8, 4) is 0 Å². The van der Waals surface area contributed by atoms with Gasteiger partial charge < -0.3 is 5.32 Å². The van der Waals surface area contributed by atoms with Crippen molar-refractivity contribution in [1.29, 1.82) is 0 Å². The smallest absolute Gasteiger partial charge is 0.237 e. The van der Waals surface area contributed by atoms with E-state index in [2.05, 4.69) is 29.0 Å². The predicted molar refractivity (Wildman–Crippen MR) is 80.3 cm³/mol. The Morgan fingerprint density at radius 3 is 2.68 bits per heavy atom. The van der Waals surface area contributed by atoms with Crippen LogP contribution in [0.1, 0.15) is 56.9 Å². The highest BCUT2D eigenvalue weighted by Crippen LogP contribution is 2.19. The van der Waals surface area contributed by atoms with Crippen LogP contribution in [0.3, 0.4) is 0 Å². The van der Waals surface area contributed by atoms with E-state index in [0.717, 1.165) is 12.8 Å². The summed E-state index contributed by atoms with van der Waals surface area (Å²) >= 11 is 1.73. The Bertz CT molecular complexity index is 385. The Labute approximate surface area is 119 Å². The molecule has 19 heavy (non-hydrogen) atoms. The third-order valence-corrected chi connectivity index (χ3v) is 4.87. The van der Waals surface area contributed by atoms with Crippen molar-refractivity contribution >= 4 is 17.2 Å². The lowest BCUT2D eigenvalue weighted by molar-refractivity contribution is -0.123. The Morgan fingerprint density at radius 1 is 1.32 bits per heavy atom. The van der Waals surface area contributed by atoms with E-state index in [0.29, 0.717) is 6.04 Å². The van der Waals surface area contributed by atoms with Gasteiger partial charge in [-0.25, -0.2) is 0 Å². The summed E-state index contributed by atoms with van der Waals surface area (Å²) in [5.74, 6) is 0.135. The van der Waals surface area contributed by atoms with Crippen LogP contribution in [-0.2, 0) is 4.79 Å². The highest BCUT2D eigenvalue weighted by molar-refractivity contribution is 7.10. The molecule has 0 radical (unpaired) electrons. The maximum Gasteiger partial charge on any atom is 0.237 e. The normalized spacial score (nSPS) is 19.9. The summed E-state index contributed by atoms with van der Waals surface area (Å²) in [7, 11) is 0. The maximum atomic E-state index is 12.1. The van der Waals surface area contributed by atoms with Crippen LogP contribution in [0.4, 0.5) is 0 Å². The zero-order chi connectivity index (χ0) is 13.7. The number of carbonyl (C=O) groups is 1. The zero-order valence-electron chi connectivity index (χ0n) is 11.8. The van der Waals surface area contributed by atoms with Crippen molar-refractivity contribution in [2.75, 3.05) is 0 Å². The van der Waals surface area contributed by atoms with Crippen molar-refractivity contribution in [1.82, 2.24) is 10.6 Å². The first-order chi connectivity index (χ1) is 9.16. The fraction of sp³-hybridized carbons (Fsp3) is 0.667. The molecule has 1 amide bonds. The average Bonchev–Trinajstić information content (AvgIpc) is 2.93. The number of nitrogens with one attached hydrogen (secondary N) is 2. The first kappa shape index (κ1) is 14.5. The summed E-state index contributed by atoms with van der Waals surface area (Å²) in [4.78, 5) is 13.4. The lowest BCUT2D eigenvalue weighted by Crippen LogP contribution is -2.47. The Kier molecular flexibility index (Phi) is 5.40. The number of hydrogen-bond donors (Lipinski definition) is 2.